The zero-order chi connectivity index (χ0) is 22.0. The largest absolute Gasteiger partial charge is 0.483 e. The van der Waals surface area contributed by atoms with Crippen LogP contribution in [0.15, 0.2) is 46.1 Å². The van der Waals surface area contributed by atoms with Crippen molar-refractivity contribution in [2.45, 2.75) is 49.2 Å². The van der Waals surface area contributed by atoms with Crippen molar-refractivity contribution >= 4 is 34.4 Å². The summed E-state index contributed by atoms with van der Waals surface area (Å²) in [6.45, 7) is 1.89. The van der Waals surface area contributed by atoms with Gasteiger partial charge in [-0.05, 0) is 43.5 Å². The summed E-state index contributed by atoms with van der Waals surface area (Å²) in [6, 6.07) is 11.6. The first kappa shape index (κ1) is 21.6. The Hall–Kier alpha value is -2.67. The lowest BCUT2D eigenvalue weighted by Gasteiger charge is -2.22. The minimum absolute atomic E-state index is 0.0653. The van der Waals surface area contributed by atoms with Crippen molar-refractivity contribution in [2.24, 2.45) is 14.1 Å². The fourth-order valence-electron chi connectivity index (χ4n) is 4.13. The topological polar surface area (TPSA) is 65.3 Å². The van der Waals surface area contributed by atoms with Gasteiger partial charge in [-0.1, -0.05) is 37.5 Å². The number of carbonyl (C=O) groups excluding carboxylic acids is 1. The van der Waals surface area contributed by atoms with Crippen molar-refractivity contribution in [3.8, 4) is 5.75 Å². The molecule has 3 aromatic rings. The Bertz CT molecular complexity index is 1160. The molecule has 0 saturated heterocycles. The Labute approximate surface area is 186 Å². The Morgan fingerprint density at radius 1 is 1.10 bits per heavy atom. The molecule has 1 saturated carbocycles. The smallest absolute Gasteiger partial charge is 0.328 e. The molecule has 1 aliphatic rings. The van der Waals surface area contributed by atoms with E-state index in [1.54, 1.807) is 23.2 Å². The van der Waals surface area contributed by atoms with Crippen molar-refractivity contribution < 1.29 is 9.53 Å². The number of carbonyl (C=O) groups is 1. The molecular formula is C24H29N3O3S. The minimum atomic E-state index is -0.214. The molecule has 7 heteroatoms. The van der Waals surface area contributed by atoms with Gasteiger partial charge in [-0.15, -0.1) is 11.8 Å². The molecule has 4 rings (SSSR count). The molecule has 2 aromatic carbocycles. The molecule has 0 bridgehead atoms. The third kappa shape index (κ3) is 4.66. The predicted molar refractivity (Wildman–Crippen MR) is 126 cm³/mol. The minimum Gasteiger partial charge on any atom is -0.483 e. The maximum atomic E-state index is 12.7. The summed E-state index contributed by atoms with van der Waals surface area (Å²) in [4.78, 5) is 26.1. The van der Waals surface area contributed by atoms with Crippen LogP contribution in [0.3, 0.4) is 0 Å². The predicted octanol–water partition coefficient (Wildman–Crippen LogP) is 4.63. The number of ether oxygens (including phenoxy) is 1. The van der Waals surface area contributed by atoms with E-state index >= 15 is 0 Å². The van der Waals surface area contributed by atoms with E-state index in [0.29, 0.717) is 11.0 Å². The van der Waals surface area contributed by atoms with Gasteiger partial charge in [0.2, 0.25) is 0 Å². The second kappa shape index (κ2) is 9.22. The number of nitrogens with zero attached hydrogens (tertiary/aromatic N) is 2. The molecule has 1 amide bonds. The molecule has 0 radical (unpaired) electrons. The van der Waals surface area contributed by atoms with E-state index in [0.717, 1.165) is 27.2 Å². The van der Waals surface area contributed by atoms with Gasteiger partial charge in [-0.25, -0.2) is 4.79 Å². The number of anilines is 1. The lowest BCUT2D eigenvalue weighted by atomic mass is 10.0. The lowest BCUT2D eigenvalue weighted by molar-refractivity contribution is -0.118. The molecular weight excluding hydrogens is 410 g/mol. The van der Waals surface area contributed by atoms with Crippen molar-refractivity contribution in [3.63, 3.8) is 0 Å². The standard InChI is InChI=1S/C24H29N3O3S/c1-16-9-7-8-12-21(16)30-15-23(28)25-18-13-19-20(27(3)24(29)26(19)2)14-22(18)31-17-10-5-4-6-11-17/h7-9,12-14,17H,4-6,10-11,15H2,1-3H3,(H,25,28). The molecule has 1 heterocycles. The summed E-state index contributed by atoms with van der Waals surface area (Å²) in [7, 11) is 3.54. The Morgan fingerprint density at radius 2 is 1.77 bits per heavy atom. The van der Waals surface area contributed by atoms with E-state index in [1.165, 1.54) is 32.1 Å². The molecule has 6 nitrogen and oxygen atoms in total. The van der Waals surface area contributed by atoms with Gasteiger partial charge in [-0.2, -0.15) is 0 Å². The highest BCUT2D eigenvalue weighted by Crippen LogP contribution is 2.39. The van der Waals surface area contributed by atoms with Crippen molar-refractivity contribution in [1.82, 2.24) is 9.13 Å². The number of para-hydroxylation sites is 1. The van der Waals surface area contributed by atoms with Gasteiger partial charge in [0.1, 0.15) is 5.75 Å². The third-order valence-corrected chi connectivity index (χ3v) is 7.34. The normalized spacial score (nSPS) is 14.7. The van der Waals surface area contributed by atoms with Crippen molar-refractivity contribution in [1.29, 1.82) is 0 Å². The number of amides is 1. The number of imidazole rings is 1. The van der Waals surface area contributed by atoms with Crippen LogP contribution in [0.5, 0.6) is 5.75 Å². The van der Waals surface area contributed by atoms with Crippen LogP contribution in [0.1, 0.15) is 37.7 Å². The number of hydrogen-bond donors (Lipinski definition) is 1. The van der Waals surface area contributed by atoms with E-state index in [2.05, 4.69) is 5.32 Å². The number of nitrogens with one attached hydrogen (secondary N) is 1. The van der Waals surface area contributed by atoms with Gasteiger partial charge < -0.3 is 10.1 Å². The van der Waals surface area contributed by atoms with Gasteiger partial charge >= 0.3 is 5.69 Å². The van der Waals surface area contributed by atoms with Crippen molar-refractivity contribution in [2.75, 3.05) is 11.9 Å². The summed E-state index contributed by atoms with van der Waals surface area (Å²) in [5.74, 6) is 0.490. The van der Waals surface area contributed by atoms with E-state index in [4.69, 9.17) is 4.74 Å². The molecule has 0 unspecified atom stereocenters. The Kier molecular flexibility index (Phi) is 6.41. The number of fused-ring (bicyclic) bond motifs is 1. The highest BCUT2D eigenvalue weighted by Gasteiger charge is 2.20. The first-order valence-electron chi connectivity index (χ1n) is 10.8. The third-order valence-electron chi connectivity index (χ3n) is 5.95. The van der Waals surface area contributed by atoms with Crippen LogP contribution < -0.4 is 15.7 Å². The lowest BCUT2D eigenvalue weighted by Crippen LogP contribution is -2.21. The Morgan fingerprint density at radius 3 is 2.48 bits per heavy atom. The maximum Gasteiger partial charge on any atom is 0.328 e. The van der Waals surface area contributed by atoms with Gasteiger partial charge in [-0.3, -0.25) is 13.9 Å². The quantitative estimate of drug-likeness (QED) is 0.608. The van der Waals surface area contributed by atoms with Crippen LogP contribution >= 0.6 is 11.8 Å². The highest BCUT2D eigenvalue weighted by molar-refractivity contribution is 8.00. The number of benzene rings is 2. The number of thioether (sulfide) groups is 1. The number of hydrogen-bond acceptors (Lipinski definition) is 4. The average molecular weight is 440 g/mol. The first-order chi connectivity index (χ1) is 14.9. The van der Waals surface area contributed by atoms with Gasteiger partial charge in [0.05, 0.1) is 16.7 Å². The summed E-state index contributed by atoms with van der Waals surface area (Å²) >= 11 is 1.81. The molecule has 0 spiro atoms. The first-order valence-corrected chi connectivity index (χ1v) is 11.7. The zero-order valence-electron chi connectivity index (χ0n) is 18.3. The fourth-order valence-corrected chi connectivity index (χ4v) is 5.48. The number of aromatic nitrogens is 2. The second-order valence-corrected chi connectivity index (χ2v) is 9.56. The molecule has 164 valence electrons. The highest BCUT2D eigenvalue weighted by atomic mass is 32.2. The molecule has 31 heavy (non-hydrogen) atoms. The van der Waals surface area contributed by atoms with E-state index in [9.17, 15) is 9.59 Å². The summed E-state index contributed by atoms with van der Waals surface area (Å²) in [5, 5.41) is 3.56. The van der Waals surface area contributed by atoms with Crippen LogP contribution in [0.25, 0.3) is 11.0 Å². The van der Waals surface area contributed by atoms with Gasteiger partial charge in [0.15, 0.2) is 6.61 Å². The number of rotatable bonds is 6. The molecule has 0 atom stereocenters. The molecule has 1 fully saturated rings. The average Bonchev–Trinajstić information content (AvgIpc) is 2.98. The van der Waals surface area contributed by atoms with Crippen LogP contribution in [0.4, 0.5) is 5.69 Å². The molecule has 1 N–H and O–H groups in total. The monoisotopic (exact) mass is 439 g/mol. The van der Waals surface area contributed by atoms with Crippen molar-refractivity contribution in [3.05, 3.63) is 52.4 Å². The molecule has 0 aliphatic heterocycles. The summed E-state index contributed by atoms with van der Waals surface area (Å²) in [6.07, 6.45) is 6.15. The van der Waals surface area contributed by atoms with Gasteiger partial charge in [0.25, 0.3) is 5.91 Å². The maximum absolute atomic E-state index is 12.7. The van der Waals surface area contributed by atoms with Crippen LogP contribution in [-0.2, 0) is 18.9 Å². The number of aryl methyl sites for hydroxylation is 3. The zero-order valence-corrected chi connectivity index (χ0v) is 19.1. The molecule has 1 aliphatic carbocycles. The van der Waals surface area contributed by atoms with Crippen LogP contribution in [0, 0.1) is 6.92 Å². The summed E-state index contributed by atoms with van der Waals surface area (Å²) in [5.41, 5.74) is 3.33. The van der Waals surface area contributed by atoms with Crippen LogP contribution in [-0.4, -0.2) is 26.9 Å². The van der Waals surface area contributed by atoms with E-state index in [-0.39, 0.29) is 18.2 Å². The van der Waals surface area contributed by atoms with E-state index in [1.807, 2.05) is 55.1 Å². The summed E-state index contributed by atoms with van der Waals surface area (Å²) < 4.78 is 8.99. The van der Waals surface area contributed by atoms with E-state index < -0.39 is 0 Å². The molecule has 1 aromatic heterocycles. The SMILES string of the molecule is Cc1ccccc1OCC(=O)Nc1cc2c(cc1SC1CCCCC1)n(C)c(=O)n2C. The van der Waals surface area contributed by atoms with Crippen LogP contribution in [0.2, 0.25) is 0 Å². The second-order valence-electron chi connectivity index (χ2n) is 8.22. The fraction of sp³-hybridized carbons (Fsp3) is 0.417. The Balaban J connectivity index is 1.60. The van der Waals surface area contributed by atoms with Gasteiger partial charge in [0, 0.05) is 24.2 Å².